The summed E-state index contributed by atoms with van der Waals surface area (Å²) >= 11 is 0. The summed E-state index contributed by atoms with van der Waals surface area (Å²) < 4.78 is 0. The van der Waals surface area contributed by atoms with Crippen molar-refractivity contribution in [3.8, 4) is 0 Å². The molecule has 1 amide bonds. The Labute approximate surface area is 115 Å². The van der Waals surface area contributed by atoms with Crippen LogP contribution in [-0.4, -0.2) is 16.2 Å². The van der Waals surface area contributed by atoms with Gasteiger partial charge in [0.15, 0.2) is 0 Å². The first-order valence-electron chi connectivity index (χ1n) is 6.18. The number of anilines is 2. The second-order valence-corrected chi connectivity index (χ2v) is 4.33. The molecule has 3 aromatic rings. The zero-order valence-electron chi connectivity index (χ0n) is 10.6. The van der Waals surface area contributed by atoms with Crippen LogP contribution in [0.3, 0.4) is 0 Å². The second-order valence-electron chi connectivity index (χ2n) is 4.33. The quantitative estimate of drug-likeness (QED) is 0.759. The molecule has 4 nitrogen and oxygen atoms in total. The van der Waals surface area contributed by atoms with Gasteiger partial charge in [-0.15, -0.1) is 0 Å². The zero-order valence-corrected chi connectivity index (χ0v) is 10.6. The third kappa shape index (κ3) is 2.07. The molecule has 0 spiro atoms. The average molecular weight is 264 g/mol. The molecular formula is C16H12N2O2. The van der Waals surface area contributed by atoms with E-state index >= 15 is 0 Å². The van der Waals surface area contributed by atoms with Gasteiger partial charge in [-0.25, -0.2) is 9.69 Å². The monoisotopic (exact) mass is 264 g/mol. The lowest BCUT2D eigenvalue weighted by molar-refractivity contribution is 0.205. The van der Waals surface area contributed by atoms with Crippen molar-refractivity contribution in [3.63, 3.8) is 0 Å². The van der Waals surface area contributed by atoms with Gasteiger partial charge in [0.25, 0.3) is 0 Å². The molecule has 0 saturated carbocycles. The average Bonchev–Trinajstić information content (AvgIpc) is 2.48. The fraction of sp³-hybridized carbons (Fsp3) is 0. The molecule has 0 atom stereocenters. The topological polar surface area (TPSA) is 53.4 Å². The maximum absolute atomic E-state index is 11.7. The van der Waals surface area contributed by atoms with E-state index in [-0.39, 0.29) is 0 Å². The van der Waals surface area contributed by atoms with Crippen molar-refractivity contribution >= 4 is 28.2 Å². The number of nitrogens with zero attached hydrogens (tertiary/aromatic N) is 2. The molecule has 0 unspecified atom stereocenters. The molecule has 0 radical (unpaired) electrons. The first-order chi connectivity index (χ1) is 9.77. The van der Waals surface area contributed by atoms with Crippen LogP contribution in [-0.2, 0) is 0 Å². The number of para-hydroxylation sites is 1. The van der Waals surface area contributed by atoms with Gasteiger partial charge in [0.2, 0.25) is 0 Å². The van der Waals surface area contributed by atoms with Crippen LogP contribution in [0.15, 0.2) is 67.0 Å². The van der Waals surface area contributed by atoms with E-state index in [0.717, 1.165) is 10.8 Å². The summed E-state index contributed by atoms with van der Waals surface area (Å²) in [6.07, 6.45) is 2.38. The summed E-state index contributed by atoms with van der Waals surface area (Å²) in [5, 5.41) is 11.3. The van der Waals surface area contributed by atoms with Crippen molar-refractivity contribution in [2.24, 2.45) is 0 Å². The minimum atomic E-state index is -1.01. The maximum Gasteiger partial charge on any atom is 0.416 e. The van der Waals surface area contributed by atoms with Gasteiger partial charge >= 0.3 is 6.09 Å². The van der Waals surface area contributed by atoms with E-state index in [2.05, 4.69) is 4.98 Å². The summed E-state index contributed by atoms with van der Waals surface area (Å²) in [7, 11) is 0. The first-order valence-corrected chi connectivity index (χ1v) is 6.18. The van der Waals surface area contributed by atoms with Crippen LogP contribution in [0.4, 0.5) is 16.2 Å². The van der Waals surface area contributed by atoms with Crippen LogP contribution < -0.4 is 4.90 Å². The van der Waals surface area contributed by atoms with E-state index in [1.165, 1.54) is 4.90 Å². The van der Waals surface area contributed by atoms with Gasteiger partial charge in [0.05, 0.1) is 11.4 Å². The Morgan fingerprint density at radius 3 is 2.55 bits per heavy atom. The number of benzene rings is 2. The molecule has 98 valence electrons. The Morgan fingerprint density at radius 1 is 1.00 bits per heavy atom. The van der Waals surface area contributed by atoms with Gasteiger partial charge in [-0.1, -0.05) is 30.3 Å². The Kier molecular flexibility index (Phi) is 3.05. The standard InChI is InChI=1S/C16H12N2O2/c19-16(20)18(13-6-2-1-3-7-13)15-8-4-5-12-11-17-10-9-14(12)15/h1-11H,(H,19,20). The molecule has 0 aliphatic rings. The third-order valence-corrected chi connectivity index (χ3v) is 3.10. The van der Waals surface area contributed by atoms with Gasteiger partial charge in [-0.3, -0.25) is 4.98 Å². The minimum absolute atomic E-state index is 0.615. The van der Waals surface area contributed by atoms with Gasteiger partial charge in [-0.2, -0.15) is 0 Å². The number of hydrogen-bond donors (Lipinski definition) is 1. The van der Waals surface area contributed by atoms with Gasteiger partial charge in [-0.05, 0) is 24.3 Å². The number of rotatable bonds is 2. The van der Waals surface area contributed by atoms with Gasteiger partial charge in [0.1, 0.15) is 0 Å². The third-order valence-electron chi connectivity index (χ3n) is 3.10. The van der Waals surface area contributed by atoms with E-state index in [4.69, 9.17) is 0 Å². The number of pyridine rings is 1. The minimum Gasteiger partial charge on any atom is -0.464 e. The summed E-state index contributed by atoms with van der Waals surface area (Å²) in [6.45, 7) is 0. The summed E-state index contributed by atoms with van der Waals surface area (Å²) in [6, 6.07) is 16.4. The second kappa shape index (κ2) is 5.01. The van der Waals surface area contributed by atoms with Crippen molar-refractivity contribution < 1.29 is 9.90 Å². The van der Waals surface area contributed by atoms with Crippen molar-refractivity contribution in [3.05, 3.63) is 67.0 Å². The molecule has 2 aromatic carbocycles. The highest BCUT2D eigenvalue weighted by Crippen LogP contribution is 2.31. The maximum atomic E-state index is 11.7. The van der Waals surface area contributed by atoms with Gasteiger partial charge in [0, 0.05) is 23.2 Å². The van der Waals surface area contributed by atoms with E-state index < -0.39 is 6.09 Å². The highest BCUT2D eigenvalue weighted by atomic mass is 16.4. The first kappa shape index (κ1) is 12.2. The molecule has 20 heavy (non-hydrogen) atoms. The summed E-state index contributed by atoms with van der Waals surface area (Å²) in [5.41, 5.74) is 1.24. The number of amides is 1. The molecular weight excluding hydrogens is 252 g/mol. The highest BCUT2D eigenvalue weighted by Gasteiger charge is 2.18. The van der Waals surface area contributed by atoms with E-state index in [1.54, 1.807) is 30.6 Å². The van der Waals surface area contributed by atoms with Crippen LogP contribution in [0.5, 0.6) is 0 Å². The van der Waals surface area contributed by atoms with Crippen molar-refractivity contribution in [1.82, 2.24) is 4.98 Å². The molecule has 3 rings (SSSR count). The smallest absolute Gasteiger partial charge is 0.416 e. The van der Waals surface area contributed by atoms with E-state index in [1.807, 2.05) is 36.4 Å². The number of hydrogen-bond acceptors (Lipinski definition) is 2. The molecule has 0 fully saturated rings. The van der Waals surface area contributed by atoms with Crippen molar-refractivity contribution in [2.75, 3.05) is 4.90 Å². The van der Waals surface area contributed by atoms with Crippen molar-refractivity contribution in [1.29, 1.82) is 0 Å². The Hall–Kier alpha value is -2.88. The molecule has 0 aliphatic carbocycles. The van der Waals surface area contributed by atoms with Crippen LogP contribution in [0, 0.1) is 0 Å². The molecule has 0 aliphatic heterocycles. The van der Waals surface area contributed by atoms with E-state index in [0.29, 0.717) is 11.4 Å². The summed E-state index contributed by atoms with van der Waals surface area (Å²) in [4.78, 5) is 17.0. The molecule has 1 aromatic heterocycles. The molecule has 0 saturated heterocycles. The lowest BCUT2D eigenvalue weighted by Crippen LogP contribution is -2.23. The highest BCUT2D eigenvalue weighted by molar-refractivity contribution is 6.05. The number of fused-ring (bicyclic) bond motifs is 1. The lowest BCUT2D eigenvalue weighted by atomic mass is 10.1. The number of carbonyl (C=O) groups is 1. The van der Waals surface area contributed by atoms with Crippen LogP contribution in [0.25, 0.3) is 10.8 Å². The fourth-order valence-electron chi connectivity index (χ4n) is 2.23. The predicted octanol–water partition coefficient (Wildman–Crippen LogP) is 4.05. The van der Waals surface area contributed by atoms with Crippen LogP contribution in [0.2, 0.25) is 0 Å². The largest absolute Gasteiger partial charge is 0.464 e. The zero-order chi connectivity index (χ0) is 13.9. The molecule has 0 bridgehead atoms. The van der Waals surface area contributed by atoms with Crippen LogP contribution in [0.1, 0.15) is 0 Å². The van der Waals surface area contributed by atoms with Gasteiger partial charge < -0.3 is 5.11 Å². The fourth-order valence-corrected chi connectivity index (χ4v) is 2.23. The molecule has 1 heterocycles. The predicted molar refractivity (Wildman–Crippen MR) is 78.3 cm³/mol. The normalized spacial score (nSPS) is 10.4. The SMILES string of the molecule is O=C(O)N(c1ccccc1)c1cccc2cnccc12. The number of aromatic nitrogens is 1. The summed E-state index contributed by atoms with van der Waals surface area (Å²) in [5.74, 6) is 0. The Balaban J connectivity index is 2.23. The molecule has 4 heteroatoms. The van der Waals surface area contributed by atoms with Crippen molar-refractivity contribution in [2.45, 2.75) is 0 Å². The van der Waals surface area contributed by atoms with Crippen LogP contribution >= 0.6 is 0 Å². The lowest BCUT2D eigenvalue weighted by Gasteiger charge is -2.21. The Morgan fingerprint density at radius 2 is 1.80 bits per heavy atom. The van der Waals surface area contributed by atoms with E-state index in [9.17, 15) is 9.90 Å². The number of carboxylic acid groups (broad SMARTS) is 1. The molecule has 1 N–H and O–H groups in total. The Bertz CT molecular complexity index is 751.